The Balaban J connectivity index is 1.83. The zero-order valence-electron chi connectivity index (χ0n) is 12.9. The number of fused-ring (bicyclic) bond motifs is 1. The van der Waals surface area contributed by atoms with E-state index < -0.39 is 0 Å². The summed E-state index contributed by atoms with van der Waals surface area (Å²) in [7, 11) is 0. The molecule has 0 N–H and O–H groups in total. The summed E-state index contributed by atoms with van der Waals surface area (Å²) in [5.74, 6) is 0. The minimum atomic E-state index is 1.15. The van der Waals surface area contributed by atoms with Gasteiger partial charge in [-0.25, -0.2) is 4.68 Å². The minimum Gasteiger partial charge on any atom is -0.237 e. The van der Waals surface area contributed by atoms with Gasteiger partial charge in [0.25, 0.3) is 0 Å². The molecule has 0 fully saturated rings. The quantitative estimate of drug-likeness (QED) is 0.684. The molecule has 3 rings (SSSR count). The summed E-state index contributed by atoms with van der Waals surface area (Å²) in [4.78, 5) is 0. The summed E-state index contributed by atoms with van der Waals surface area (Å²) in [6, 6.07) is 10.5. The molecule has 0 amide bonds. The van der Waals surface area contributed by atoms with Gasteiger partial charge in [0.2, 0.25) is 0 Å². The van der Waals surface area contributed by atoms with Crippen molar-refractivity contribution in [3.05, 3.63) is 53.4 Å². The first-order valence-corrected chi connectivity index (χ1v) is 8.23. The predicted octanol–water partition coefficient (Wildman–Crippen LogP) is 4.95. The molecule has 0 bridgehead atoms. The zero-order valence-corrected chi connectivity index (χ0v) is 12.9. The molecule has 1 aliphatic rings. The molecule has 110 valence electrons. The third-order valence-corrected chi connectivity index (χ3v) is 4.21. The lowest BCUT2D eigenvalue weighted by Gasteiger charge is -2.04. The molecular formula is C19H24N2. The summed E-state index contributed by atoms with van der Waals surface area (Å²) in [6.45, 7) is 2.25. The Kier molecular flexibility index (Phi) is 4.54. The Hall–Kier alpha value is -1.83. The maximum Gasteiger partial charge on any atom is 0.0887 e. The topological polar surface area (TPSA) is 17.8 Å². The van der Waals surface area contributed by atoms with Gasteiger partial charge >= 0.3 is 0 Å². The minimum absolute atomic E-state index is 1.15. The number of unbranched alkanes of at least 4 members (excludes halogenated alkanes) is 3. The van der Waals surface area contributed by atoms with E-state index in [1.165, 1.54) is 61.2 Å². The molecule has 0 saturated heterocycles. The van der Waals surface area contributed by atoms with Gasteiger partial charge in [-0.1, -0.05) is 44.0 Å². The summed E-state index contributed by atoms with van der Waals surface area (Å²) in [5, 5.41) is 4.85. The highest BCUT2D eigenvalue weighted by Crippen LogP contribution is 2.28. The van der Waals surface area contributed by atoms with E-state index >= 15 is 0 Å². The summed E-state index contributed by atoms with van der Waals surface area (Å²) in [5.41, 5.74) is 5.24. The highest BCUT2D eigenvalue weighted by Gasteiger charge is 2.21. The fraction of sp³-hybridized carbons (Fsp3) is 0.421. The van der Waals surface area contributed by atoms with Crippen LogP contribution in [0.1, 0.15) is 56.0 Å². The number of aromatic nitrogens is 2. The Bertz CT molecular complexity index is 608. The van der Waals surface area contributed by atoms with Gasteiger partial charge in [0.15, 0.2) is 0 Å². The normalized spacial score (nSPS) is 14.0. The van der Waals surface area contributed by atoms with Crippen molar-refractivity contribution in [3.8, 4) is 5.69 Å². The number of allylic oxidation sites excluding steroid dienone is 1. The number of hydrogen-bond acceptors (Lipinski definition) is 1. The summed E-state index contributed by atoms with van der Waals surface area (Å²) in [6.07, 6.45) is 13.2. The maximum absolute atomic E-state index is 4.85. The SMILES string of the molecule is CCCCCC=Cc1nn(-c2ccccc2)c2c1CCC2. The predicted molar refractivity (Wildman–Crippen MR) is 88.8 cm³/mol. The molecule has 1 aromatic heterocycles. The van der Waals surface area contributed by atoms with Crippen molar-refractivity contribution >= 4 is 6.08 Å². The van der Waals surface area contributed by atoms with Crippen molar-refractivity contribution in [2.75, 3.05) is 0 Å². The van der Waals surface area contributed by atoms with E-state index in [0.717, 1.165) is 6.42 Å². The molecule has 2 aromatic rings. The van der Waals surface area contributed by atoms with Crippen molar-refractivity contribution in [1.82, 2.24) is 9.78 Å². The van der Waals surface area contributed by atoms with Crippen molar-refractivity contribution in [2.45, 2.75) is 51.9 Å². The molecule has 0 saturated carbocycles. The van der Waals surface area contributed by atoms with Gasteiger partial charge in [-0.05, 0) is 50.3 Å². The van der Waals surface area contributed by atoms with Crippen LogP contribution in [0.25, 0.3) is 11.8 Å². The molecule has 0 aliphatic heterocycles. The lowest BCUT2D eigenvalue weighted by Crippen LogP contribution is -2.00. The van der Waals surface area contributed by atoms with Crippen LogP contribution in [0.3, 0.4) is 0 Å². The first-order chi connectivity index (χ1) is 10.4. The Morgan fingerprint density at radius 2 is 2.00 bits per heavy atom. The lowest BCUT2D eigenvalue weighted by molar-refractivity contribution is 0.730. The number of hydrogen-bond donors (Lipinski definition) is 0. The first kappa shape index (κ1) is 14.1. The standard InChI is InChI=1S/C19H24N2/c1-2-3-4-5-9-14-18-17-13-10-15-19(17)21(20-18)16-11-7-6-8-12-16/h6-9,11-12,14H,2-5,10,13,15H2,1H3. The van der Waals surface area contributed by atoms with Crippen LogP contribution in [0.5, 0.6) is 0 Å². The van der Waals surface area contributed by atoms with E-state index in [0.29, 0.717) is 0 Å². The summed E-state index contributed by atoms with van der Waals surface area (Å²) >= 11 is 0. The van der Waals surface area contributed by atoms with Crippen LogP contribution in [0.4, 0.5) is 0 Å². The second-order valence-electron chi connectivity index (χ2n) is 5.81. The van der Waals surface area contributed by atoms with Gasteiger partial charge in [-0.2, -0.15) is 5.10 Å². The van der Waals surface area contributed by atoms with Crippen LogP contribution in [-0.4, -0.2) is 9.78 Å². The Morgan fingerprint density at radius 3 is 2.81 bits per heavy atom. The van der Waals surface area contributed by atoms with Gasteiger partial charge < -0.3 is 0 Å². The van der Waals surface area contributed by atoms with E-state index in [4.69, 9.17) is 5.10 Å². The molecule has 21 heavy (non-hydrogen) atoms. The zero-order chi connectivity index (χ0) is 14.5. The lowest BCUT2D eigenvalue weighted by atomic mass is 10.1. The van der Waals surface area contributed by atoms with E-state index in [2.05, 4.69) is 54.1 Å². The van der Waals surface area contributed by atoms with Gasteiger partial charge in [-0.3, -0.25) is 0 Å². The molecule has 2 heteroatoms. The van der Waals surface area contributed by atoms with Crippen LogP contribution in [0, 0.1) is 0 Å². The molecule has 0 spiro atoms. The van der Waals surface area contributed by atoms with Crippen molar-refractivity contribution in [3.63, 3.8) is 0 Å². The second kappa shape index (κ2) is 6.75. The molecule has 1 heterocycles. The van der Waals surface area contributed by atoms with Crippen LogP contribution in [-0.2, 0) is 12.8 Å². The highest BCUT2D eigenvalue weighted by molar-refractivity contribution is 5.54. The van der Waals surface area contributed by atoms with Gasteiger partial charge in [0, 0.05) is 11.3 Å². The van der Waals surface area contributed by atoms with Gasteiger partial charge in [0.05, 0.1) is 11.4 Å². The fourth-order valence-corrected chi connectivity index (χ4v) is 3.09. The largest absolute Gasteiger partial charge is 0.237 e. The van der Waals surface area contributed by atoms with Crippen molar-refractivity contribution < 1.29 is 0 Å². The molecule has 0 unspecified atom stereocenters. The first-order valence-electron chi connectivity index (χ1n) is 8.23. The number of nitrogens with zero attached hydrogens (tertiary/aromatic N) is 2. The molecule has 1 aromatic carbocycles. The Labute approximate surface area is 127 Å². The molecular weight excluding hydrogens is 256 g/mol. The average molecular weight is 280 g/mol. The molecule has 0 atom stereocenters. The number of para-hydroxylation sites is 1. The summed E-state index contributed by atoms with van der Waals surface area (Å²) < 4.78 is 2.15. The average Bonchev–Trinajstić information content (AvgIpc) is 3.11. The Morgan fingerprint density at radius 1 is 1.14 bits per heavy atom. The van der Waals surface area contributed by atoms with Crippen LogP contribution in [0.15, 0.2) is 36.4 Å². The number of benzene rings is 1. The molecule has 1 aliphatic carbocycles. The maximum atomic E-state index is 4.85. The van der Waals surface area contributed by atoms with Crippen LogP contribution in [0.2, 0.25) is 0 Å². The molecule has 2 nitrogen and oxygen atoms in total. The third-order valence-electron chi connectivity index (χ3n) is 4.21. The highest BCUT2D eigenvalue weighted by atomic mass is 15.3. The monoisotopic (exact) mass is 280 g/mol. The number of rotatable bonds is 6. The van der Waals surface area contributed by atoms with Gasteiger partial charge in [0.1, 0.15) is 0 Å². The van der Waals surface area contributed by atoms with Crippen LogP contribution >= 0.6 is 0 Å². The van der Waals surface area contributed by atoms with E-state index in [-0.39, 0.29) is 0 Å². The van der Waals surface area contributed by atoms with Gasteiger partial charge in [-0.15, -0.1) is 0 Å². The second-order valence-corrected chi connectivity index (χ2v) is 5.81. The van der Waals surface area contributed by atoms with E-state index in [1.54, 1.807) is 0 Å². The van der Waals surface area contributed by atoms with E-state index in [1.807, 2.05) is 0 Å². The fourth-order valence-electron chi connectivity index (χ4n) is 3.09. The van der Waals surface area contributed by atoms with E-state index in [9.17, 15) is 0 Å². The van der Waals surface area contributed by atoms with Crippen LogP contribution < -0.4 is 0 Å². The molecule has 0 radical (unpaired) electrons. The third kappa shape index (κ3) is 3.10. The van der Waals surface area contributed by atoms with Crippen molar-refractivity contribution in [2.24, 2.45) is 0 Å². The smallest absolute Gasteiger partial charge is 0.0887 e. The van der Waals surface area contributed by atoms with Crippen molar-refractivity contribution in [1.29, 1.82) is 0 Å².